The van der Waals surface area contributed by atoms with Crippen molar-refractivity contribution in [3.8, 4) is 11.8 Å². The number of hydrogen-bond donors (Lipinski definition) is 2. The fourth-order valence-electron chi connectivity index (χ4n) is 2.06. The van der Waals surface area contributed by atoms with Crippen molar-refractivity contribution in [2.24, 2.45) is 0 Å². The van der Waals surface area contributed by atoms with Gasteiger partial charge in [0.25, 0.3) is 11.8 Å². The number of pyridine rings is 1. The molecule has 0 unspecified atom stereocenters. The lowest BCUT2D eigenvalue weighted by molar-refractivity contribution is 0.0963. The summed E-state index contributed by atoms with van der Waals surface area (Å²) in [6.45, 7) is 0. The average Bonchev–Trinajstić information content (AvgIpc) is 2.60. The lowest BCUT2D eigenvalue weighted by Crippen LogP contribution is -2.22. The summed E-state index contributed by atoms with van der Waals surface area (Å²) in [6.07, 6.45) is 1.26. The van der Waals surface area contributed by atoms with E-state index >= 15 is 0 Å². The summed E-state index contributed by atoms with van der Waals surface area (Å²) in [7, 11) is 2.83. The molecular formula is C16H13ClN4O3. The zero-order valence-corrected chi connectivity index (χ0v) is 13.6. The van der Waals surface area contributed by atoms with E-state index in [-0.39, 0.29) is 33.3 Å². The second-order valence-electron chi connectivity index (χ2n) is 4.58. The summed E-state index contributed by atoms with van der Waals surface area (Å²) in [4.78, 5) is 28.3. The van der Waals surface area contributed by atoms with Gasteiger partial charge in [0.2, 0.25) is 0 Å². The monoisotopic (exact) mass is 344 g/mol. The van der Waals surface area contributed by atoms with E-state index in [0.29, 0.717) is 0 Å². The number of carbonyl (C=O) groups excluding carboxylic acids is 2. The second-order valence-corrected chi connectivity index (χ2v) is 4.97. The second kappa shape index (κ2) is 7.44. The van der Waals surface area contributed by atoms with Crippen LogP contribution in [-0.2, 0) is 0 Å². The van der Waals surface area contributed by atoms with Crippen LogP contribution in [0.1, 0.15) is 26.3 Å². The van der Waals surface area contributed by atoms with E-state index in [4.69, 9.17) is 21.6 Å². The van der Waals surface area contributed by atoms with Crippen LogP contribution in [0.2, 0.25) is 5.15 Å². The van der Waals surface area contributed by atoms with Gasteiger partial charge in [-0.2, -0.15) is 5.26 Å². The molecule has 0 aliphatic carbocycles. The molecule has 0 saturated heterocycles. The Hall–Kier alpha value is -3.11. The Kier molecular flexibility index (Phi) is 5.35. The molecule has 0 atom stereocenters. The molecule has 7 nitrogen and oxygen atoms in total. The largest absolute Gasteiger partial charge is 0.495 e. The van der Waals surface area contributed by atoms with Crippen molar-refractivity contribution in [2.75, 3.05) is 19.5 Å². The van der Waals surface area contributed by atoms with Crippen molar-refractivity contribution in [3.63, 3.8) is 0 Å². The number of ether oxygens (including phenoxy) is 1. The highest BCUT2D eigenvalue weighted by Crippen LogP contribution is 2.25. The van der Waals surface area contributed by atoms with Gasteiger partial charge in [0.15, 0.2) is 0 Å². The molecule has 0 radical (unpaired) electrons. The summed E-state index contributed by atoms with van der Waals surface area (Å²) in [5.41, 5.74) is 0.742. The Bertz CT molecular complexity index is 846. The summed E-state index contributed by atoms with van der Waals surface area (Å²) in [5, 5.41) is 14.3. The third kappa shape index (κ3) is 3.45. The van der Waals surface area contributed by atoms with Crippen molar-refractivity contribution in [1.82, 2.24) is 10.3 Å². The summed E-state index contributed by atoms with van der Waals surface area (Å²) < 4.78 is 5.15. The molecule has 2 aromatic rings. The van der Waals surface area contributed by atoms with Crippen LogP contribution in [-0.4, -0.2) is 31.0 Å². The molecular weight excluding hydrogens is 332 g/mol. The van der Waals surface area contributed by atoms with Crippen molar-refractivity contribution < 1.29 is 14.3 Å². The quantitative estimate of drug-likeness (QED) is 0.827. The molecule has 0 bridgehead atoms. The van der Waals surface area contributed by atoms with Crippen LogP contribution in [0.15, 0.2) is 30.5 Å². The van der Waals surface area contributed by atoms with E-state index in [0.717, 1.165) is 0 Å². The molecule has 0 aliphatic rings. The number of benzene rings is 1. The zero-order valence-electron chi connectivity index (χ0n) is 12.9. The lowest BCUT2D eigenvalue weighted by atomic mass is 10.1. The molecule has 0 saturated carbocycles. The maximum atomic E-state index is 12.5. The van der Waals surface area contributed by atoms with E-state index in [2.05, 4.69) is 15.6 Å². The number of halogens is 1. The first-order chi connectivity index (χ1) is 11.5. The fourth-order valence-corrected chi connectivity index (χ4v) is 2.22. The van der Waals surface area contributed by atoms with Gasteiger partial charge in [-0.05, 0) is 18.2 Å². The van der Waals surface area contributed by atoms with Gasteiger partial charge in [-0.3, -0.25) is 9.59 Å². The molecule has 8 heteroatoms. The van der Waals surface area contributed by atoms with Gasteiger partial charge in [-0.1, -0.05) is 17.7 Å². The number of methoxy groups -OCH3 is 1. The number of rotatable bonds is 4. The number of nitriles is 1. The molecule has 2 rings (SSSR count). The molecule has 1 heterocycles. The molecule has 1 aromatic heterocycles. The minimum Gasteiger partial charge on any atom is -0.495 e. The van der Waals surface area contributed by atoms with Gasteiger partial charge in [0.05, 0.1) is 29.5 Å². The molecule has 0 fully saturated rings. The molecule has 1 aromatic carbocycles. The number of para-hydroxylation sites is 1. The van der Waals surface area contributed by atoms with E-state index < -0.39 is 11.8 Å². The van der Waals surface area contributed by atoms with Gasteiger partial charge in [-0.15, -0.1) is 0 Å². The number of anilines is 1. The molecule has 0 aliphatic heterocycles. The molecule has 0 spiro atoms. The Balaban J connectivity index is 2.43. The molecule has 122 valence electrons. The van der Waals surface area contributed by atoms with Crippen LogP contribution >= 0.6 is 11.6 Å². The topological polar surface area (TPSA) is 104 Å². The predicted octanol–water partition coefficient (Wildman–Crippen LogP) is 2.23. The maximum Gasteiger partial charge on any atom is 0.259 e. The Morgan fingerprint density at radius 2 is 2.04 bits per heavy atom. The zero-order chi connectivity index (χ0) is 17.7. The highest BCUT2D eigenvalue weighted by Gasteiger charge is 2.19. The van der Waals surface area contributed by atoms with Crippen LogP contribution in [0.4, 0.5) is 5.69 Å². The number of hydrogen-bond acceptors (Lipinski definition) is 5. The SMILES string of the molecule is CNC(=O)c1cnc(Cl)cc1NC(=O)c1cccc(C#N)c1OC. The summed E-state index contributed by atoms with van der Waals surface area (Å²) >= 11 is 5.84. The minimum atomic E-state index is -0.545. The lowest BCUT2D eigenvalue weighted by Gasteiger charge is -2.13. The van der Waals surface area contributed by atoms with Gasteiger partial charge in [0.1, 0.15) is 17.0 Å². The first-order valence-electron chi connectivity index (χ1n) is 6.78. The number of nitrogens with zero attached hydrogens (tertiary/aromatic N) is 2. The van der Waals surface area contributed by atoms with E-state index in [1.165, 1.54) is 38.6 Å². The Morgan fingerprint density at radius 3 is 2.67 bits per heavy atom. The van der Waals surface area contributed by atoms with Gasteiger partial charge in [0, 0.05) is 13.2 Å². The number of nitrogens with one attached hydrogen (secondary N) is 2. The van der Waals surface area contributed by atoms with Gasteiger partial charge < -0.3 is 15.4 Å². The number of carbonyl (C=O) groups is 2. The van der Waals surface area contributed by atoms with E-state index in [1.807, 2.05) is 6.07 Å². The maximum absolute atomic E-state index is 12.5. The van der Waals surface area contributed by atoms with E-state index in [9.17, 15) is 9.59 Å². The van der Waals surface area contributed by atoms with Gasteiger partial charge in [-0.25, -0.2) is 4.98 Å². The Morgan fingerprint density at radius 1 is 1.29 bits per heavy atom. The van der Waals surface area contributed by atoms with Crippen molar-refractivity contribution in [3.05, 3.63) is 52.3 Å². The third-order valence-corrected chi connectivity index (χ3v) is 3.38. The third-order valence-electron chi connectivity index (χ3n) is 3.17. The van der Waals surface area contributed by atoms with Crippen LogP contribution in [0.3, 0.4) is 0 Å². The average molecular weight is 345 g/mol. The highest BCUT2D eigenvalue weighted by atomic mass is 35.5. The summed E-state index contributed by atoms with van der Waals surface area (Å²) in [5.74, 6) is -0.817. The Labute approximate surface area is 143 Å². The van der Waals surface area contributed by atoms with Crippen LogP contribution in [0.25, 0.3) is 0 Å². The minimum absolute atomic E-state index is 0.121. The van der Waals surface area contributed by atoms with E-state index in [1.54, 1.807) is 6.07 Å². The predicted molar refractivity (Wildman–Crippen MR) is 88.3 cm³/mol. The van der Waals surface area contributed by atoms with Crippen LogP contribution in [0.5, 0.6) is 5.75 Å². The van der Waals surface area contributed by atoms with Crippen molar-refractivity contribution >= 4 is 29.1 Å². The first-order valence-corrected chi connectivity index (χ1v) is 7.15. The van der Waals surface area contributed by atoms with Crippen molar-refractivity contribution in [2.45, 2.75) is 0 Å². The number of amides is 2. The molecule has 24 heavy (non-hydrogen) atoms. The smallest absolute Gasteiger partial charge is 0.259 e. The molecule has 2 amide bonds. The fraction of sp³-hybridized carbons (Fsp3) is 0.125. The normalized spacial score (nSPS) is 9.75. The highest BCUT2D eigenvalue weighted by molar-refractivity contribution is 6.30. The van der Waals surface area contributed by atoms with Crippen molar-refractivity contribution in [1.29, 1.82) is 5.26 Å². The first kappa shape index (κ1) is 17.2. The number of aromatic nitrogens is 1. The summed E-state index contributed by atoms with van der Waals surface area (Å²) in [6, 6.07) is 7.93. The van der Waals surface area contributed by atoms with Gasteiger partial charge >= 0.3 is 0 Å². The molecule has 2 N–H and O–H groups in total. The standard InChI is InChI=1S/C16H13ClN4O3/c1-19-15(22)11-8-20-13(17)6-12(11)21-16(23)10-5-3-4-9(7-18)14(10)24-2/h3-6,8H,1-2H3,(H,19,22)(H,20,21,23). The van der Waals surface area contributed by atoms with Crippen LogP contribution in [0, 0.1) is 11.3 Å². The van der Waals surface area contributed by atoms with Crippen LogP contribution < -0.4 is 15.4 Å².